The molecule has 8 nitrogen and oxygen atoms in total. The van der Waals surface area contributed by atoms with Crippen LogP contribution in [0.25, 0.3) is 0 Å². The normalized spacial score (nSPS) is 11.9. The van der Waals surface area contributed by atoms with Gasteiger partial charge in [0.05, 0.1) is 6.54 Å². The van der Waals surface area contributed by atoms with Crippen LogP contribution in [0.3, 0.4) is 0 Å². The summed E-state index contributed by atoms with van der Waals surface area (Å²) in [5.74, 6) is -0.576. The molecule has 0 bridgehead atoms. The molecule has 1 aromatic heterocycles. The van der Waals surface area contributed by atoms with Gasteiger partial charge in [-0.3, -0.25) is 0 Å². The second-order valence-corrected chi connectivity index (χ2v) is 3.66. The summed E-state index contributed by atoms with van der Waals surface area (Å²) in [6.07, 6.45) is -0.0498. The van der Waals surface area contributed by atoms with Gasteiger partial charge in [0, 0.05) is 19.1 Å². The summed E-state index contributed by atoms with van der Waals surface area (Å²) in [7, 11) is 0. The van der Waals surface area contributed by atoms with Gasteiger partial charge in [-0.05, 0) is 6.92 Å². The average Bonchev–Trinajstić information content (AvgIpc) is 2.72. The standard InChI is InChI=1S/C10H15N3O5/c1-6-4-7(13-18-6)5-11-10(17)12-8(2-3-14)9(15)16/h4,8,14H,2-3,5H2,1H3,(H,15,16)(H2,11,12,17)/t8-/m1/s1. The monoisotopic (exact) mass is 257 g/mol. The number of carbonyl (C=O) groups is 2. The zero-order chi connectivity index (χ0) is 13.5. The zero-order valence-electron chi connectivity index (χ0n) is 9.84. The maximum atomic E-state index is 11.4. The second kappa shape index (κ2) is 6.60. The van der Waals surface area contributed by atoms with Crippen molar-refractivity contribution in [2.75, 3.05) is 6.61 Å². The van der Waals surface area contributed by atoms with Crippen molar-refractivity contribution in [1.82, 2.24) is 15.8 Å². The van der Waals surface area contributed by atoms with E-state index >= 15 is 0 Å². The van der Waals surface area contributed by atoms with Crippen LogP contribution < -0.4 is 10.6 Å². The SMILES string of the molecule is Cc1cc(CNC(=O)N[C@H](CCO)C(=O)O)no1. The molecule has 8 heteroatoms. The summed E-state index contributed by atoms with van der Waals surface area (Å²) in [6, 6.07) is -0.103. The highest BCUT2D eigenvalue weighted by Crippen LogP contribution is 2.00. The number of aromatic nitrogens is 1. The predicted octanol–water partition coefficient (Wildman–Crippen LogP) is -0.382. The fraction of sp³-hybridized carbons (Fsp3) is 0.500. The van der Waals surface area contributed by atoms with Crippen molar-refractivity contribution < 1.29 is 24.3 Å². The molecule has 1 heterocycles. The first-order chi connectivity index (χ1) is 8.52. The van der Waals surface area contributed by atoms with Gasteiger partial charge in [0.15, 0.2) is 0 Å². The first-order valence-electron chi connectivity index (χ1n) is 5.33. The minimum atomic E-state index is -1.20. The highest BCUT2D eigenvalue weighted by atomic mass is 16.5. The molecule has 0 fully saturated rings. The van der Waals surface area contributed by atoms with E-state index in [2.05, 4.69) is 15.8 Å². The molecule has 0 radical (unpaired) electrons. The quantitative estimate of drug-likeness (QED) is 0.550. The molecule has 4 N–H and O–H groups in total. The molecular weight excluding hydrogens is 242 g/mol. The molecule has 0 aliphatic rings. The van der Waals surface area contributed by atoms with Crippen molar-refractivity contribution in [1.29, 1.82) is 0 Å². The minimum absolute atomic E-state index is 0.0498. The van der Waals surface area contributed by atoms with Crippen LogP contribution in [0.4, 0.5) is 4.79 Å². The zero-order valence-corrected chi connectivity index (χ0v) is 9.84. The van der Waals surface area contributed by atoms with Gasteiger partial charge in [-0.2, -0.15) is 0 Å². The summed E-state index contributed by atoms with van der Waals surface area (Å²) in [5, 5.41) is 25.7. The third-order valence-electron chi connectivity index (χ3n) is 2.13. The largest absolute Gasteiger partial charge is 0.480 e. The van der Waals surface area contributed by atoms with Gasteiger partial charge >= 0.3 is 12.0 Å². The van der Waals surface area contributed by atoms with E-state index in [1.165, 1.54) is 0 Å². The molecule has 2 amide bonds. The molecule has 0 aromatic carbocycles. The summed E-state index contributed by atoms with van der Waals surface area (Å²) >= 11 is 0. The highest BCUT2D eigenvalue weighted by molar-refractivity contribution is 5.82. The number of hydrogen-bond donors (Lipinski definition) is 4. The number of aliphatic carboxylic acids is 1. The van der Waals surface area contributed by atoms with E-state index < -0.39 is 18.0 Å². The van der Waals surface area contributed by atoms with Crippen LogP contribution in [-0.2, 0) is 11.3 Å². The first-order valence-corrected chi connectivity index (χ1v) is 5.33. The number of aliphatic hydroxyl groups is 1. The fourth-order valence-corrected chi connectivity index (χ4v) is 1.27. The Hall–Kier alpha value is -2.09. The van der Waals surface area contributed by atoms with Crippen molar-refractivity contribution in [2.45, 2.75) is 25.9 Å². The topological polar surface area (TPSA) is 125 Å². The minimum Gasteiger partial charge on any atom is -0.480 e. The predicted molar refractivity (Wildman–Crippen MR) is 59.7 cm³/mol. The number of carboxylic acids is 1. The van der Waals surface area contributed by atoms with E-state index in [4.69, 9.17) is 14.7 Å². The summed E-state index contributed by atoms with van der Waals surface area (Å²) in [5.41, 5.74) is 0.539. The van der Waals surface area contributed by atoms with Crippen LogP contribution in [0, 0.1) is 6.92 Å². The first kappa shape index (κ1) is 14.0. The molecule has 0 spiro atoms. The number of urea groups is 1. The van der Waals surface area contributed by atoms with Gasteiger partial charge in [-0.25, -0.2) is 9.59 Å². The lowest BCUT2D eigenvalue weighted by molar-refractivity contribution is -0.139. The van der Waals surface area contributed by atoms with Crippen LogP contribution in [0.1, 0.15) is 17.9 Å². The molecule has 0 unspecified atom stereocenters. The van der Waals surface area contributed by atoms with Gasteiger partial charge in [0.2, 0.25) is 0 Å². The van der Waals surface area contributed by atoms with Crippen molar-refractivity contribution in [3.63, 3.8) is 0 Å². The summed E-state index contributed by atoms with van der Waals surface area (Å²) < 4.78 is 4.81. The fourth-order valence-electron chi connectivity index (χ4n) is 1.27. The maximum absolute atomic E-state index is 11.4. The molecule has 0 saturated carbocycles. The van der Waals surface area contributed by atoms with Crippen LogP contribution in [-0.4, -0.2) is 40.0 Å². The van der Waals surface area contributed by atoms with Gasteiger partial charge in [0.1, 0.15) is 17.5 Å². The maximum Gasteiger partial charge on any atom is 0.326 e. The third-order valence-corrected chi connectivity index (χ3v) is 2.13. The molecule has 0 aliphatic carbocycles. The lowest BCUT2D eigenvalue weighted by atomic mass is 10.2. The molecule has 1 rings (SSSR count). The average molecular weight is 257 g/mol. The van der Waals surface area contributed by atoms with Crippen LogP contribution in [0.2, 0.25) is 0 Å². The molecule has 1 atom stereocenters. The Balaban J connectivity index is 2.38. The van der Waals surface area contributed by atoms with Gasteiger partial charge in [0.25, 0.3) is 0 Å². The summed E-state index contributed by atoms with van der Waals surface area (Å²) in [6.45, 7) is 1.53. The Kier molecular flexibility index (Phi) is 5.12. The van der Waals surface area contributed by atoms with E-state index in [0.717, 1.165) is 0 Å². The Morgan fingerprint density at radius 2 is 2.28 bits per heavy atom. The van der Waals surface area contributed by atoms with E-state index in [1.807, 2.05) is 0 Å². The van der Waals surface area contributed by atoms with Gasteiger partial charge < -0.3 is 25.4 Å². The second-order valence-electron chi connectivity index (χ2n) is 3.66. The summed E-state index contributed by atoms with van der Waals surface area (Å²) in [4.78, 5) is 22.1. The van der Waals surface area contributed by atoms with Gasteiger partial charge in [-0.15, -0.1) is 0 Å². The van der Waals surface area contributed by atoms with Crippen molar-refractivity contribution in [3.05, 3.63) is 17.5 Å². The Morgan fingerprint density at radius 1 is 1.56 bits per heavy atom. The van der Waals surface area contributed by atoms with Crippen LogP contribution in [0.5, 0.6) is 0 Å². The van der Waals surface area contributed by atoms with E-state index in [9.17, 15) is 9.59 Å². The number of aliphatic hydroxyl groups excluding tert-OH is 1. The number of aryl methyl sites for hydroxylation is 1. The molecule has 1 aromatic rings. The number of carboxylic acid groups (broad SMARTS) is 1. The molecule has 18 heavy (non-hydrogen) atoms. The van der Waals surface area contributed by atoms with Gasteiger partial charge in [-0.1, -0.05) is 5.16 Å². The lowest BCUT2D eigenvalue weighted by Gasteiger charge is -2.13. The Morgan fingerprint density at radius 3 is 2.78 bits per heavy atom. The van der Waals surface area contributed by atoms with Crippen molar-refractivity contribution in [2.24, 2.45) is 0 Å². The molecular formula is C10H15N3O5. The Bertz CT molecular complexity index is 417. The van der Waals surface area contributed by atoms with Crippen molar-refractivity contribution >= 4 is 12.0 Å². The van der Waals surface area contributed by atoms with Crippen LogP contribution >= 0.6 is 0 Å². The number of amides is 2. The molecule has 0 aliphatic heterocycles. The highest BCUT2D eigenvalue weighted by Gasteiger charge is 2.18. The smallest absolute Gasteiger partial charge is 0.326 e. The Labute approximate surface area is 103 Å². The third kappa shape index (κ3) is 4.42. The van der Waals surface area contributed by atoms with E-state index in [1.54, 1.807) is 13.0 Å². The van der Waals surface area contributed by atoms with E-state index in [0.29, 0.717) is 11.5 Å². The molecule has 0 saturated heterocycles. The van der Waals surface area contributed by atoms with Crippen LogP contribution in [0.15, 0.2) is 10.6 Å². The van der Waals surface area contributed by atoms with E-state index in [-0.39, 0.29) is 19.6 Å². The number of nitrogens with zero attached hydrogens (tertiary/aromatic N) is 1. The number of carbonyl (C=O) groups excluding carboxylic acids is 1. The van der Waals surface area contributed by atoms with Crippen molar-refractivity contribution in [3.8, 4) is 0 Å². The lowest BCUT2D eigenvalue weighted by Crippen LogP contribution is -2.46. The number of hydrogen-bond acceptors (Lipinski definition) is 5. The molecule has 100 valence electrons. The number of rotatable bonds is 6. The number of nitrogens with one attached hydrogen (secondary N) is 2.